The lowest BCUT2D eigenvalue weighted by molar-refractivity contribution is -0.0996. The van der Waals surface area contributed by atoms with Gasteiger partial charge in [0.2, 0.25) is 0 Å². The molecule has 0 amide bonds. The lowest BCUT2D eigenvalue weighted by Gasteiger charge is -2.39. The Kier molecular flexibility index (Phi) is 3.11. The van der Waals surface area contributed by atoms with Gasteiger partial charge in [0, 0.05) is 11.3 Å². The Balaban J connectivity index is 1.19. The second-order valence-corrected chi connectivity index (χ2v) is 8.03. The van der Waals surface area contributed by atoms with Crippen LogP contribution in [0.1, 0.15) is 38.5 Å². The molecular weight excluding hydrogens is 268 g/mol. The Morgan fingerprint density at radius 3 is 2.24 bits per heavy atom. The molecule has 3 aliphatic heterocycles. The molecule has 5 aliphatic rings. The zero-order valence-corrected chi connectivity index (χ0v) is 12.7. The number of rotatable bonds is 1. The summed E-state index contributed by atoms with van der Waals surface area (Å²) in [7, 11) is 0. The van der Waals surface area contributed by atoms with E-state index in [1.54, 1.807) is 0 Å². The summed E-state index contributed by atoms with van der Waals surface area (Å²) in [4.78, 5) is 0. The van der Waals surface area contributed by atoms with Crippen molar-refractivity contribution < 1.29 is 18.9 Å². The summed E-state index contributed by atoms with van der Waals surface area (Å²) in [6.45, 7) is 3.48. The maximum Gasteiger partial charge on any atom is 0.0848 e. The molecule has 5 fully saturated rings. The number of hydrogen-bond donors (Lipinski definition) is 0. The average molecular weight is 294 g/mol. The summed E-state index contributed by atoms with van der Waals surface area (Å²) in [5.41, 5.74) is 0.236. The van der Waals surface area contributed by atoms with Crippen LogP contribution in [0.15, 0.2) is 0 Å². The first kappa shape index (κ1) is 13.3. The van der Waals surface area contributed by atoms with Crippen molar-refractivity contribution in [1.82, 2.24) is 0 Å². The fourth-order valence-corrected chi connectivity index (χ4v) is 4.93. The highest BCUT2D eigenvalue weighted by Crippen LogP contribution is 2.48. The fourth-order valence-electron chi connectivity index (χ4n) is 4.93. The summed E-state index contributed by atoms with van der Waals surface area (Å²) in [5, 5.41) is 0. The third-order valence-corrected chi connectivity index (χ3v) is 6.47. The fraction of sp³-hybridized carbons (Fsp3) is 1.00. The second kappa shape index (κ2) is 4.92. The minimum atomic E-state index is 0.236. The molecule has 0 N–H and O–H groups in total. The van der Waals surface area contributed by atoms with E-state index in [0.29, 0.717) is 30.3 Å². The van der Waals surface area contributed by atoms with Crippen LogP contribution in [0.5, 0.6) is 0 Å². The summed E-state index contributed by atoms with van der Waals surface area (Å²) in [6.07, 6.45) is 9.53. The van der Waals surface area contributed by atoms with Crippen molar-refractivity contribution in [1.29, 1.82) is 0 Å². The summed E-state index contributed by atoms with van der Waals surface area (Å²) < 4.78 is 23.7. The first-order valence-corrected chi connectivity index (χ1v) is 8.78. The van der Waals surface area contributed by atoms with Gasteiger partial charge in [-0.2, -0.15) is 0 Å². The van der Waals surface area contributed by atoms with Gasteiger partial charge < -0.3 is 18.9 Å². The predicted octanol–water partition coefficient (Wildman–Crippen LogP) is 2.15. The zero-order chi connectivity index (χ0) is 13.9. The Labute approximate surface area is 126 Å². The molecule has 0 aromatic carbocycles. The van der Waals surface area contributed by atoms with Crippen molar-refractivity contribution >= 4 is 0 Å². The highest BCUT2D eigenvalue weighted by atomic mass is 16.6. The van der Waals surface area contributed by atoms with Crippen molar-refractivity contribution in [2.75, 3.05) is 26.4 Å². The summed E-state index contributed by atoms with van der Waals surface area (Å²) in [5.74, 6) is 1.31. The zero-order valence-electron chi connectivity index (χ0n) is 12.7. The molecule has 5 rings (SSSR count). The van der Waals surface area contributed by atoms with Gasteiger partial charge in [-0.25, -0.2) is 0 Å². The Hall–Kier alpha value is -0.160. The summed E-state index contributed by atoms with van der Waals surface area (Å²) >= 11 is 0. The molecule has 2 saturated carbocycles. The van der Waals surface area contributed by atoms with Gasteiger partial charge in [0.25, 0.3) is 0 Å². The molecule has 21 heavy (non-hydrogen) atoms. The van der Waals surface area contributed by atoms with Crippen LogP contribution in [0.4, 0.5) is 0 Å². The van der Waals surface area contributed by atoms with Gasteiger partial charge in [-0.05, 0) is 44.4 Å². The largest absolute Gasteiger partial charge is 0.380 e. The van der Waals surface area contributed by atoms with Gasteiger partial charge >= 0.3 is 0 Å². The van der Waals surface area contributed by atoms with E-state index in [2.05, 4.69) is 0 Å². The van der Waals surface area contributed by atoms with Crippen LogP contribution in [0.3, 0.4) is 0 Å². The lowest BCUT2D eigenvalue weighted by Crippen LogP contribution is -2.42. The Bertz CT molecular complexity index is 402. The number of ether oxygens (including phenoxy) is 4. The first-order chi connectivity index (χ1) is 10.3. The van der Waals surface area contributed by atoms with Crippen LogP contribution in [0.2, 0.25) is 0 Å². The molecule has 0 aromatic heterocycles. The minimum Gasteiger partial charge on any atom is -0.380 e. The van der Waals surface area contributed by atoms with Crippen molar-refractivity contribution in [2.24, 2.45) is 17.3 Å². The van der Waals surface area contributed by atoms with E-state index in [1.165, 1.54) is 32.1 Å². The highest BCUT2D eigenvalue weighted by molar-refractivity contribution is 4.99. The molecule has 3 heterocycles. The topological polar surface area (TPSA) is 43.5 Å². The quantitative estimate of drug-likeness (QED) is 0.695. The van der Waals surface area contributed by atoms with E-state index in [4.69, 9.17) is 18.9 Å². The molecular formula is C17H26O4. The van der Waals surface area contributed by atoms with Gasteiger partial charge in [0.15, 0.2) is 0 Å². The standard InChI is InChI=1S/C17H26O4/c1-2-13-15(20-13)5-11(1)12-7-18-9-17(10-19-8-12)4-3-14-16(6-17)21-14/h11-16H,1-10H2. The number of fused-ring (bicyclic) bond motifs is 2. The Morgan fingerprint density at radius 1 is 0.714 bits per heavy atom. The molecule has 118 valence electrons. The molecule has 0 bridgehead atoms. The third-order valence-electron chi connectivity index (χ3n) is 6.47. The molecule has 0 radical (unpaired) electrons. The smallest absolute Gasteiger partial charge is 0.0848 e. The van der Waals surface area contributed by atoms with Crippen LogP contribution in [0.25, 0.3) is 0 Å². The van der Waals surface area contributed by atoms with Gasteiger partial charge in [0.1, 0.15) is 0 Å². The SMILES string of the molecule is C1CC2OC2CC1C1COCC2(CCC3OC3C2)COC1. The average Bonchev–Trinajstić information content (AvgIpc) is 3.35. The first-order valence-electron chi connectivity index (χ1n) is 8.78. The van der Waals surface area contributed by atoms with Crippen LogP contribution in [0, 0.1) is 17.3 Å². The molecule has 5 unspecified atom stereocenters. The molecule has 0 aromatic rings. The van der Waals surface area contributed by atoms with Crippen molar-refractivity contribution in [3.63, 3.8) is 0 Å². The van der Waals surface area contributed by atoms with Crippen molar-refractivity contribution in [3.8, 4) is 0 Å². The van der Waals surface area contributed by atoms with Gasteiger partial charge in [-0.3, -0.25) is 0 Å². The molecule has 4 nitrogen and oxygen atoms in total. The van der Waals surface area contributed by atoms with Gasteiger partial charge in [0.05, 0.1) is 50.8 Å². The minimum absolute atomic E-state index is 0.236. The van der Waals surface area contributed by atoms with E-state index in [0.717, 1.165) is 38.8 Å². The maximum absolute atomic E-state index is 6.17. The van der Waals surface area contributed by atoms with E-state index >= 15 is 0 Å². The van der Waals surface area contributed by atoms with E-state index in [1.807, 2.05) is 0 Å². The molecule has 2 aliphatic carbocycles. The monoisotopic (exact) mass is 294 g/mol. The molecule has 3 saturated heterocycles. The van der Waals surface area contributed by atoms with Crippen LogP contribution in [-0.4, -0.2) is 50.8 Å². The van der Waals surface area contributed by atoms with E-state index < -0.39 is 0 Å². The molecule has 4 heteroatoms. The summed E-state index contributed by atoms with van der Waals surface area (Å²) in [6, 6.07) is 0. The molecule has 5 atom stereocenters. The van der Waals surface area contributed by atoms with Crippen LogP contribution < -0.4 is 0 Å². The van der Waals surface area contributed by atoms with Crippen LogP contribution in [-0.2, 0) is 18.9 Å². The van der Waals surface area contributed by atoms with E-state index in [9.17, 15) is 0 Å². The lowest BCUT2D eigenvalue weighted by atomic mass is 9.75. The van der Waals surface area contributed by atoms with Crippen molar-refractivity contribution in [2.45, 2.75) is 62.9 Å². The third kappa shape index (κ3) is 2.54. The van der Waals surface area contributed by atoms with E-state index in [-0.39, 0.29) is 5.41 Å². The predicted molar refractivity (Wildman–Crippen MR) is 76.1 cm³/mol. The number of epoxide rings is 2. The van der Waals surface area contributed by atoms with Crippen molar-refractivity contribution in [3.05, 3.63) is 0 Å². The highest BCUT2D eigenvalue weighted by Gasteiger charge is 2.51. The second-order valence-electron chi connectivity index (χ2n) is 8.03. The maximum atomic E-state index is 6.17. The van der Waals surface area contributed by atoms with Crippen LogP contribution >= 0.6 is 0 Å². The van der Waals surface area contributed by atoms with Gasteiger partial charge in [-0.1, -0.05) is 0 Å². The number of hydrogen-bond acceptors (Lipinski definition) is 4. The molecule has 1 spiro atoms. The Morgan fingerprint density at radius 2 is 1.48 bits per heavy atom. The normalized spacial score (nSPS) is 56.0. The van der Waals surface area contributed by atoms with Gasteiger partial charge in [-0.15, -0.1) is 0 Å².